The second-order valence-corrected chi connectivity index (χ2v) is 4.91. The van der Waals surface area contributed by atoms with Crippen LogP contribution in [-0.2, 0) is 16.0 Å². The van der Waals surface area contributed by atoms with Crippen LogP contribution in [0.15, 0.2) is 42.6 Å². The predicted molar refractivity (Wildman–Crippen MR) is 83.9 cm³/mol. The molecular weight excluding hydrogens is 318 g/mol. The molecule has 0 aliphatic heterocycles. The van der Waals surface area contributed by atoms with Crippen molar-refractivity contribution in [1.29, 1.82) is 5.26 Å². The van der Waals surface area contributed by atoms with Crippen LogP contribution in [0.2, 0.25) is 5.15 Å². The number of anilines is 1. The fourth-order valence-electron chi connectivity index (χ4n) is 1.71. The van der Waals surface area contributed by atoms with Crippen molar-refractivity contribution in [3.8, 4) is 6.07 Å². The summed E-state index contributed by atoms with van der Waals surface area (Å²) in [5, 5.41) is 11.4. The molecular formula is C16H12ClN3O3. The molecule has 23 heavy (non-hydrogen) atoms. The fraction of sp³-hybridized carbons (Fsp3) is 0.125. The van der Waals surface area contributed by atoms with Gasteiger partial charge in [-0.1, -0.05) is 23.7 Å². The number of aromatic nitrogens is 1. The van der Waals surface area contributed by atoms with Crippen LogP contribution in [0.4, 0.5) is 5.69 Å². The van der Waals surface area contributed by atoms with E-state index in [0.29, 0.717) is 12.1 Å². The maximum atomic E-state index is 11.7. The van der Waals surface area contributed by atoms with Crippen LogP contribution in [0.5, 0.6) is 0 Å². The van der Waals surface area contributed by atoms with E-state index in [1.807, 2.05) is 6.07 Å². The van der Waals surface area contributed by atoms with Gasteiger partial charge in [0.05, 0.1) is 18.1 Å². The normalized spacial score (nSPS) is 9.74. The molecule has 0 spiro atoms. The lowest BCUT2D eigenvalue weighted by Crippen LogP contribution is -2.21. The molecule has 1 heterocycles. The van der Waals surface area contributed by atoms with Crippen LogP contribution >= 0.6 is 11.6 Å². The molecule has 0 aliphatic rings. The lowest BCUT2D eigenvalue weighted by atomic mass is 10.1. The minimum atomic E-state index is -0.659. The summed E-state index contributed by atoms with van der Waals surface area (Å²) < 4.78 is 4.89. The number of nitrogens with one attached hydrogen (secondary N) is 1. The number of hydrogen-bond acceptors (Lipinski definition) is 5. The van der Waals surface area contributed by atoms with Crippen LogP contribution in [-0.4, -0.2) is 23.5 Å². The third kappa shape index (κ3) is 5.09. The van der Waals surface area contributed by atoms with Gasteiger partial charge in [0.15, 0.2) is 6.61 Å². The van der Waals surface area contributed by atoms with E-state index in [1.54, 1.807) is 24.3 Å². The van der Waals surface area contributed by atoms with Gasteiger partial charge in [-0.2, -0.15) is 5.26 Å². The number of pyridine rings is 1. The summed E-state index contributed by atoms with van der Waals surface area (Å²) >= 11 is 5.62. The third-order valence-electron chi connectivity index (χ3n) is 2.82. The second kappa shape index (κ2) is 7.92. The summed E-state index contributed by atoms with van der Waals surface area (Å²) in [6, 6.07) is 11.8. The third-order valence-corrected chi connectivity index (χ3v) is 3.04. The summed E-state index contributed by atoms with van der Waals surface area (Å²) in [4.78, 5) is 27.2. The standard InChI is InChI=1S/C16H12ClN3O3/c17-14-6-3-12(9-19-14)16(22)23-10-15(21)20-13-4-1-11(2-5-13)7-8-18/h1-6,9H,7,10H2,(H,20,21). The van der Waals surface area contributed by atoms with E-state index in [4.69, 9.17) is 21.6 Å². The minimum absolute atomic E-state index is 0.211. The van der Waals surface area contributed by atoms with E-state index in [9.17, 15) is 9.59 Å². The van der Waals surface area contributed by atoms with Crippen molar-refractivity contribution in [2.75, 3.05) is 11.9 Å². The van der Waals surface area contributed by atoms with E-state index >= 15 is 0 Å². The Kier molecular flexibility index (Phi) is 5.67. The largest absolute Gasteiger partial charge is 0.452 e. The number of benzene rings is 1. The Labute approximate surface area is 137 Å². The summed E-state index contributed by atoms with van der Waals surface area (Å²) in [5.41, 5.74) is 1.62. The number of nitrogens with zero attached hydrogens (tertiary/aromatic N) is 2. The zero-order chi connectivity index (χ0) is 16.7. The first-order valence-electron chi connectivity index (χ1n) is 6.63. The Balaban J connectivity index is 1.84. The van der Waals surface area contributed by atoms with Crippen LogP contribution in [0, 0.1) is 11.3 Å². The molecule has 2 rings (SSSR count). The Morgan fingerprint density at radius 1 is 1.22 bits per heavy atom. The van der Waals surface area contributed by atoms with Crippen molar-refractivity contribution in [3.05, 3.63) is 58.9 Å². The van der Waals surface area contributed by atoms with Gasteiger partial charge in [0.1, 0.15) is 5.15 Å². The SMILES string of the molecule is N#CCc1ccc(NC(=O)COC(=O)c2ccc(Cl)nc2)cc1. The Bertz CT molecular complexity index is 737. The van der Waals surface area contributed by atoms with E-state index in [0.717, 1.165) is 5.56 Å². The van der Waals surface area contributed by atoms with Crippen molar-refractivity contribution in [1.82, 2.24) is 4.98 Å². The predicted octanol–water partition coefficient (Wildman–Crippen LogP) is 2.60. The smallest absolute Gasteiger partial charge is 0.340 e. The van der Waals surface area contributed by atoms with Crippen LogP contribution in [0.25, 0.3) is 0 Å². The monoisotopic (exact) mass is 329 g/mol. The summed E-state index contributed by atoms with van der Waals surface area (Å²) in [6.45, 7) is -0.415. The van der Waals surface area contributed by atoms with Crippen molar-refractivity contribution in [2.45, 2.75) is 6.42 Å². The first-order valence-corrected chi connectivity index (χ1v) is 7.00. The number of esters is 1. The fourth-order valence-corrected chi connectivity index (χ4v) is 1.82. The molecule has 0 unspecified atom stereocenters. The van der Waals surface area contributed by atoms with Crippen molar-refractivity contribution >= 4 is 29.2 Å². The Hall–Kier alpha value is -2.91. The van der Waals surface area contributed by atoms with Crippen LogP contribution in [0.1, 0.15) is 15.9 Å². The number of rotatable bonds is 5. The zero-order valence-electron chi connectivity index (χ0n) is 12.0. The van der Waals surface area contributed by atoms with Gasteiger partial charge in [-0.3, -0.25) is 4.79 Å². The van der Waals surface area contributed by atoms with E-state index in [-0.39, 0.29) is 10.7 Å². The van der Waals surface area contributed by atoms with Gasteiger partial charge in [-0.25, -0.2) is 9.78 Å². The highest BCUT2D eigenvalue weighted by molar-refractivity contribution is 6.29. The van der Waals surface area contributed by atoms with Gasteiger partial charge in [-0.05, 0) is 29.8 Å². The number of nitriles is 1. The van der Waals surface area contributed by atoms with Crippen LogP contribution < -0.4 is 5.32 Å². The summed E-state index contributed by atoms with van der Waals surface area (Å²) in [6.07, 6.45) is 1.58. The van der Waals surface area contributed by atoms with Crippen molar-refractivity contribution < 1.29 is 14.3 Å². The lowest BCUT2D eigenvalue weighted by Gasteiger charge is -2.07. The molecule has 6 nitrogen and oxygen atoms in total. The van der Waals surface area contributed by atoms with Gasteiger partial charge in [0.2, 0.25) is 0 Å². The number of ether oxygens (including phenoxy) is 1. The molecule has 1 amide bonds. The van der Waals surface area contributed by atoms with Crippen molar-refractivity contribution in [2.24, 2.45) is 0 Å². The molecule has 0 saturated carbocycles. The van der Waals surface area contributed by atoms with E-state index < -0.39 is 18.5 Å². The van der Waals surface area contributed by atoms with Gasteiger partial charge in [0.25, 0.3) is 5.91 Å². The molecule has 1 aromatic heterocycles. The Morgan fingerprint density at radius 2 is 1.96 bits per heavy atom. The quantitative estimate of drug-likeness (QED) is 0.672. The van der Waals surface area contributed by atoms with Gasteiger partial charge in [0, 0.05) is 11.9 Å². The molecule has 0 fully saturated rings. The van der Waals surface area contributed by atoms with Gasteiger partial charge in [-0.15, -0.1) is 0 Å². The highest BCUT2D eigenvalue weighted by Gasteiger charge is 2.10. The van der Waals surface area contributed by atoms with E-state index in [2.05, 4.69) is 10.3 Å². The maximum absolute atomic E-state index is 11.7. The minimum Gasteiger partial charge on any atom is -0.452 e. The number of carbonyl (C=O) groups excluding carboxylic acids is 2. The average molecular weight is 330 g/mol. The molecule has 1 aromatic carbocycles. The number of halogens is 1. The molecule has 1 N–H and O–H groups in total. The lowest BCUT2D eigenvalue weighted by molar-refractivity contribution is -0.119. The van der Waals surface area contributed by atoms with Gasteiger partial charge < -0.3 is 10.1 Å². The molecule has 7 heteroatoms. The highest BCUT2D eigenvalue weighted by atomic mass is 35.5. The molecule has 0 saturated heterocycles. The molecule has 0 atom stereocenters. The molecule has 0 radical (unpaired) electrons. The first-order chi connectivity index (χ1) is 11.1. The zero-order valence-corrected chi connectivity index (χ0v) is 12.7. The molecule has 0 aliphatic carbocycles. The summed E-state index contributed by atoms with van der Waals surface area (Å²) in [7, 11) is 0. The second-order valence-electron chi connectivity index (χ2n) is 4.53. The highest BCUT2D eigenvalue weighted by Crippen LogP contribution is 2.10. The van der Waals surface area contributed by atoms with E-state index in [1.165, 1.54) is 18.3 Å². The van der Waals surface area contributed by atoms with Gasteiger partial charge >= 0.3 is 5.97 Å². The molecule has 116 valence electrons. The first kappa shape index (κ1) is 16.5. The van der Waals surface area contributed by atoms with Crippen LogP contribution in [0.3, 0.4) is 0 Å². The maximum Gasteiger partial charge on any atom is 0.340 e. The average Bonchev–Trinajstić information content (AvgIpc) is 2.55. The Morgan fingerprint density at radius 3 is 2.57 bits per heavy atom. The number of amides is 1. The number of hydrogen-bond donors (Lipinski definition) is 1. The molecule has 0 bridgehead atoms. The topological polar surface area (TPSA) is 92.1 Å². The number of carbonyl (C=O) groups is 2. The molecule has 2 aromatic rings. The summed E-state index contributed by atoms with van der Waals surface area (Å²) in [5.74, 6) is -1.12. The van der Waals surface area contributed by atoms with Crippen molar-refractivity contribution in [3.63, 3.8) is 0 Å².